The number of carbonyl (C=O) groups is 1. The number of thiophene rings is 1. The van der Waals surface area contributed by atoms with Crippen molar-refractivity contribution < 1.29 is 4.79 Å². The molecule has 220 valence electrons. The van der Waals surface area contributed by atoms with Crippen LogP contribution < -0.4 is 5.43 Å². The lowest BCUT2D eigenvalue weighted by Gasteiger charge is -2.37. The van der Waals surface area contributed by atoms with Crippen LogP contribution in [0.1, 0.15) is 24.6 Å². The summed E-state index contributed by atoms with van der Waals surface area (Å²) in [5.41, 5.74) is 5.50. The van der Waals surface area contributed by atoms with Gasteiger partial charge in [0.15, 0.2) is 0 Å². The minimum absolute atomic E-state index is 0.228. The zero-order valence-corrected chi connectivity index (χ0v) is 26.6. The van der Waals surface area contributed by atoms with Crippen molar-refractivity contribution in [1.82, 2.24) is 15.2 Å². The number of nitriles is 1. The molecule has 43 heavy (non-hydrogen) atoms. The van der Waals surface area contributed by atoms with Gasteiger partial charge in [0.05, 0.1) is 23.5 Å². The SMILES string of the molecule is C=C/C=C(N/N=C(\C=C\c1ccc(-c2cccc(SC)c2)s1)C(=O)N1CCCN(C2=NC=CC=C(C#N)C2)C1)\C(Cl)=C/C. The minimum Gasteiger partial charge on any atom is -0.342 e. The molecule has 2 aliphatic heterocycles. The van der Waals surface area contributed by atoms with Crippen LogP contribution in [0.2, 0.25) is 0 Å². The Morgan fingerprint density at radius 2 is 2.16 bits per heavy atom. The first kappa shape index (κ1) is 31.8. The fraction of sp³-hybridized carbons (Fsp3) is 0.212. The van der Waals surface area contributed by atoms with E-state index < -0.39 is 0 Å². The molecule has 0 radical (unpaired) electrons. The molecule has 0 unspecified atom stereocenters. The molecule has 1 aromatic heterocycles. The van der Waals surface area contributed by atoms with E-state index in [2.05, 4.69) is 64.8 Å². The number of hydrazone groups is 1. The molecule has 0 atom stereocenters. The summed E-state index contributed by atoms with van der Waals surface area (Å²) >= 11 is 9.72. The van der Waals surface area contributed by atoms with E-state index in [9.17, 15) is 10.1 Å². The normalized spacial score (nSPS) is 16.5. The molecule has 1 fully saturated rings. The molecule has 0 bridgehead atoms. The molecule has 1 N–H and O–H groups in total. The summed E-state index contributed by atoms with van der Waals surface area (Å²) in [6, 6.07) is 14.8. The number of rotatable bonds is 9. The van der Waals surface area contributed by atoms with E-state index in [4.69, 9.17) is 11.6 Å². The third-order valence-electron chi connectivity index (χ3n) is 6.65. The van der Waals surface area contributed by atoms with Crippen LogP contribution in [0, 0.1) is 11.3 Å². The number of nitrogens with one attached hydrogen (secondary N) is 1. The van der Waals surface area contributed by atoms with Gasteiger partial charge in [-0.3, -0.25) is 10.2 Å². The van der Waals surface area contributed by atoms with Gasteiger partial charge < -0.3 is 9.80 Å². The summed E-state index contributed by atoms with van der Waals surface area (Å²) in [5.74, 6) is 0.534. The van der Waals surface area contributed by atoms with Crippen LogP contribution in [0.3, 0.4) is 0 Å². The number of carbonyl (C=O) groups excluding carboxylic acids is 1. The van der Waals surface area contributed by atoms with E-state index in [0.717, 1.165) is 34.1 Å². The number of allylic oxidation sites excluding steroid dienone is 6. The Bertz CT molecular complexity index is 1600. The number of nitrogens with zero attached hydrogens (tertiary/aromatic N) is 5. The topological polar surface area (TPSA) is 84.1 Å². The zero-order valence-electron chi connectivity index (χ0n) is 24.2. The van der Waals surface area contributed by atoms with Crippen molar-refractivity contribution in [2.24, 2.45) is 10.1 Å². The van der Waals surface area contributed by atoms with Gasteiger partial charge in [-0.05, 0) is 79.8 Å². The smallest absolute Gasteiger partial charge is 0.275 e. The number of hydrogen-bond donors (Lipinski definition) is 1. The molecule has 0 spiro atoms. The highest BCUT2D eigenvalue weighted by atomic mass is 35.5. The standard InChI is InChI=1S/C33H33ClN6OS2/c1-4-9-29(28(34)5-2)37-38-30(15-13-26-14-16-31(43-26)25-11-6-12-27(21-25)42-3)33(41)40-19-8-18-39(23-40)32-20-24(22-35)10-7-17-36-32/h4-7,9-17,21,37H,1,8,18-20,23H2,2-3H3/b15-13+,28-5+,29-9+,38-30+. The summed E-state index contributed by atoms with van der Waals surface area (Å²) in [7, 11) is 0. The molecule has 4 rings (SSSR count). The number of aliphatic imine (C=N–C) groups is 1. The Hall–Kier alpha value is -4.10. The highest BCUT2D eigenvalue weighted by Gasteiger charge is 2.27. The second-order valence-corrected chi connectivity index (χ2v) is 11.9. The highest BCUT2D eigenvalue weighted by Crippen LogP contribution is 2.31. The van der Waals surface area contributed by atoms with E-state index in [1.165, 1.54) is 4.90 Å². The zero-order chi connectivity index (χ0) is 30.6. The lowest BCUT2D eigenvalue weighted by molar-refractivity contribution is -0.126. The summed E-state index contributed by atoms with van der Waals surface area (Å²) in [5, 5.41) is 14.4. The van der Waals surface area contributed by atoms with Crippen LogP contribution >= 0.6 is 34.7 Å². The molecule has 0 aliphatic carbocycles. The first-order chi connectivity index (χ1) is 20.9. The molecule has 1 saturated heterocycles. The van der Waals surface area contributed by atoms with Crippen molar-refractivity contribution in [3.8, 4) is 16.5 Å². The maximum absolute atomic E-state index is 13.9. The van der Waals surface area contributed by atoms with Crippen molar-refractivity contribution in [1.29, 1.82) is 5.26 Å². The highest BCUT2D eigenvalue weighted by molar-refractivity contribution is 7.98. The first-order valence-electron chi connectivity index (χ1n) is 13.7. The minimum atomic E-state index is -0.228. The van der Waals surface area contributed by atoms with Crippen LogP contribution in [0.15, 0.2) is 117 Å². The van der Waals surface area contributed by atoms with Gasteiger partial charge in [-0.25, -0.2) is 4.99 Å². The van der Waals surface area contributed by atoms with Crippen molar-refractivity contribution in [3.05, 3.63) is 107 Å². The largest absolute Gasteiger partial charge is 0.342 e. The fourth-order valence-electron chi connectivity index (χ4n) is 4.43. The number of amides is 1. The van der Waals surface area contributed by atoms with Crippen molar-refractivity contribution in [3.63, 3.8) is 0 Å². The summed E-state index contributed by atoms with van der Waals surface area (Å²) in [6.45, 7) is 7.24. The Kier molecular flexibility index (Phi) is 11.8. The molecule has 0 saturated carbocycles. The van der Waals surface area contributed by atoms with Crippen LogP contribution in [0.4, 0.5) is 0 Å². The molecule has 1 aromatic carbocycles. The number of halogens is 1. The lowest BCUT2D eigenvalue weighted by atomic mass is 10.1. The maximum atomic E-state index is 13.9. The van der Waals surface area contributed by atoms with Gasteiger partial charge in [-0.1, -0.05) is 42.5 Å². The Balaban J connectivity index is 1.59. The molecule has 2 aliphatic rings. The van der Waals surface area contributed by atoms with E-state index in [0.29, 0.717) is 35.9 Å². The van der Waals surface area contributed by atoms with Crippen LogP contribution in [0.25, 0.3) is 16.5 Å². The van der Waals surface area contributed by atoms with Crippen molar-refractivity contribution in [2.75, 3.05) is 26.0 Å². The van der Waals surface area contributed by atoms with Gasteiger partial charge in [0.2, 0.25) is 0 Å². The van der Waals surface area contributed by atoms with Crippen LogP contribution in [-0.2, 0) is 4.79 Å². The average molecular weight is 629 g/mol. The van der Waals surface area contributed by atoms with E-state index in [1.54, 1.807) is 70.7 Å². The molecular formula is C33H33ClN6OS2. The van der Waals surface area contributed by atoms with Gasteiger partial charge in [-0.2, -0.15) is 10.4 Å². The Morgan fingerprint density at radius 3 is 2.93 bits per heavy atom. The number of benzene rings is 1. The van der Waals surface area contributed by atoms with Gasteiger partial charge in [-0.15, -0.1) is 23.1 Å². The monoisotopic (exact) mass is 628 g/mol. The molecule has 7 nitrogen and oxygen atoms in total. The Morgan fingerprint density at radius 1 is 1.30 bits per heavy atom. The van der Waals surface area contributed by atoms with E-state index >= 15 is 0 Å². The van der Waals surface area contributed by atoms with Crippen LogP contribution in [-0.4, -0.2) is 53.3 Å². The molecule has 2 aromatic rings. The second kappa shape index (κ2) is 15.9. The van der Waals surface area contributed by atoms with Gasteiger partial charge in [0.1, 0.15) is 11.5 Å². The molecule has 3 heterocycles. The lowest BCUT2D eigenvalue weighted by Crippen LogP contribution is -2.51. The maximum Gasteiger partial charge on any atom is 0.275 e. The van der Waals surface area contributed by atoms with E-state index in [1.807, 2.05) is 24.0 Å². The van der Waals surface area contributed by atoms with Crippen LogP contribution in [0.5, 0.6) is 0 Å². The third kappa shape index (κ3) is 8.71. The second-order valence-electron chi connectivity index (χ2n) is 9.52. The van der Waals surface area contributed by atoms with Gasteiger partial charge >= 0.3 is 0 Å². The molecular weight excluding hydrogens is 596 g/mol. The third-order valence-corrected chi connectivity index (χ3v) is 8.89. The van der Waals surface area contributed by atoms with E-state index in [-0.39, 0.29) is 11.6 Å². The predicted molar refractivity (Wildman–Crippen MR) is 182 cm³/mol. The number of thioether (sulfide) groups is 1. The summed E-state index contributed by atoms with van der Waals surface area (Å²) in [6.07, 6.45) is 17.2. The summed E-state index contributed by atoms with van der Waals surface area (Å²) in [4.78, 5) is 25.6. The predicted octanol–water partition coefficient (Wildman–Crippen LogP) is 7.57. The van der Waals surface area contributed by atoms with Gasteiger partial charge in [0.25, 0.3) is 5.91 Å². The number of hydrogen-bond acceptors (Lipinski definition) is 8. The van der Waals surface area contributed by atoms with Gasteiger partial charge in [0, 0.05) is 45.9 Å². The first-order valence-corrected chi connectivity index (χ1v) is 16.1. The Labute approximate surface area is 266 Å². The fourth-order valence-corrected chi connectivity index (χ4v) is 5.90. The average Bonchev–Trinajstić information content (AvgIpc) is 3.39. The number of amidine groups is 1. The molecule has 1 amide bonds. The summed E-state index contributed by atoms with van der Waals surface area (Å²) < 4.78 is 0. The van der Waals surface area contributed by atoms with Crippen molar-refractivity contribution in [2.45, 2.75) is 24.7 Å². The van der Waals surface area contributed by atoms with Crippen molar-refractivity contribution >= 4 is 58.2 Å². The quantitative estimate of drug-likeness (QED) is 0.134. The molecule has 10 heteroatoms.